The van der Waals surface area contributed by atoms with Crippen LogP contribution in [0.25, 0.3) is 0 Å². The van der Waals surface area contributed by atoms with Crippen LogP contribution in [0.15, 0.2) is 0 Å². The van der Waals surface area contributed by atoms with Gasteiger partial charge in [0, 0.05) is 18.4 Å². The maximum Gasteiger partial charge on any atom is 0.240 e. The lowest BCUT2D eigenvalue weighted by Gasteiger charge is -2.55. The Morgan fingerprint density at radius 3 is 2.00 bits per heavy atom. The number of hydrogen-bond donors (Lipinski definition) is 3. The molecule has 4 saturated carbocycles. The normalized spacial score (nSPS) is 34.0. The van der Waals surface area contributed by atoms with Crippen molar-refractivity contribution in [3.63, 3.8) is 0 Å². The average Bonchev–Trinajstić information content (AvgIpc) is 2.50. The molecule has 1 unspecified atom stereocenters. The van der Waals surface area contributed by atoms with Crippen LogP contribution in [0.5, 0.6) is 0 Å². The fourth-order valence-electron chi connectivity index (χ4n) is 5.68. The summed E-state index contributed by atoms with van der Waals surface area (Å²) in [5.74, 6) is 1.48. The van der Waals surface area contributed by atoms with Gasteiger partial charge in [-0.1, -0.05) is 13.8 Å². The Morgan fingerprint density at radius 2 is 1.56 bits per heavy atom. The first-order valence-corrected chi connectivity index (χ1v) is 9.66. The van der Waals surface area contributed by atoms with Crippen LogP contribution in [0.1, 0.15) is 58.8 Å². The molecule has 4 aliphatic carbocycles. The van der Waals surface area contributed by atoms with E-state index in [9.17, 15) is 14.4 Å². The predicted octanol–water partition coefficient (Wildman–Crippen LogP) is 1.34. The summed E-state index contributed by atoms with van der Waals surface area (Å²) in [6.07, 6.45) is 7.15. The molecular weight excluding hydrogens is 318 g/mol. The molecule has 4 rings (SSSR count). The Bertz CT molecular complexity index is 523. The lowest BCUT2D eigenvalue weighted by Crippen LogP contribution is -2.54. The molecule has 0 spiro atoms. The molecule has 6 heteroatoms. The molecule has 0 saturated heterocycles. The maximum atomic E-state index is 12.8. The van der Waals surface area contributed by atoms with Gasteiger partial charge in [0.2, 0.25) is 17.7 Å². The van der Waals surface area contributed by atoms with E-state index in [1.165, 1.54) is 19.3 Å². The van der Waals surface area contributed by atoms with Gasteiger partial charge < -0.3 is 16.4 Å². The third kappa shape index (κ3) is 3.82. The summed E-state index contributed by atoms with van der Waals surface area (Å²) in [5, 5.41) is 5.65. The van der Waals surface area contributed by atoms with Crippen LogP contribution in [-0.4, -0.2) is 30.3 Å². The van der Waals surface area contributed by atoms with Crippen LogP contribution >= 0.6 is 0 Å². The van der Waals surface area contributed by atoms with E-state index in [0.717, 1.165) is 37.0 Å². The molecule has 4 aliphatic rings. The fraction of sp³-hybridized carbons (Fsp3) is 0.842. The summed E-state index contributed by atoms with van der Waals surface area (Å²) in [5.41, 5.74) is 5.13. The van der Waals surface area contributed by atoms with Crippen molar-refractivity contribution in [2.45, 2.75) is 64.8 Å². The zero-order chi connectivity index (χ0) is 18.2. The number of carbonyl (C=O) groups is 3. The molecule has 0 aromatic rings. The first-order valence-electron chi connectivity index (χ1n) is 9.66. The van der Waals surface area contributed by atoms with Gasteiger partial charge in [-0.2, -0.15) is 0 Å². The lowest BCUT2D eigenvalue weighted by atomic mass is 9.49. The van der Waals surface area contributed by atoms with Crippen LogP contribution in [0, 0.1) is 29.1 Å². The summed E-state index contributed by atoms with van der Waals surface area (Å²) in [4.78, 5) is 36.2. The topological polar surface area (TPSA) is 101 Å². The van der Waals surface area contributed by atoms with Gasteiger partial charge in [0.05, 0.1) is 0 Å². The van der Waals surface area contributed by atoms with E-state index >= 15 is 0 Å². The second-order valence-corrected chi connectivity index (χ2v) is 8.90. The van der Waals surface area contributed by atoms with Crippen molar-refractivity contribution in [2.75, 3.05) is 6.54 Å². The van der Waals surface area contributed by atoms with E-state index in [2.05, 4.69) is 10.6 Å². The summed E-state index contributed by atoms with van der Waals surface area (Å²) in [6.45, 7) is 3.99. The Balaban J connectivity index is 1.47. The fourth-order valence-corrected chi connectivity index (χ4v) is 5.68. The Morgan fingerprint density at radius 1 is 1.04 bits per heavy atom. The van der Waals surface area contributed by atoms with Crippen molar-refractivity contribution >= 4 is 17.7 Å². The van der Waals surface area contributed by atoms with Crippen molar-refractivity contribution in [3.05, 3.63) is 0 Å². The van der Waals surface area contributed by atoms with Gasteiger partial charge in [-0.3, -0.25) is 14.4 Å². The Labute approximate surface area is 149 Å². The van der Waals surface area contributed by atoms with Crippen molar-refractivity contribution in [3.8, 4) is 0 Å². The molecule has 0 aromatic carbocycles. The molecule has 25 heavy (non-hydrogen) atoms. The predicted molar refractivity (Wildman–Crippen MR) is 94.2 cm³/mol. The first kappa shape index (κ1) is 18.2. The molecule has 3 amide bonds. The van der Waals surface area contributed by atoms with Gasteiger partial charge in [-0.05, 0) is 62.2 Å². The van der Waals surface area contributed by atoms with E-state index in [-0.39, 0.29) is 29.6 Å². The average molecular weight is 349 g/mol. The zero-order valence-corrected chi connectivity index (χ0v) is 15.3. The van der Waals surface area contributed by atoms with Gasteiger partial charge >= 0.3 is 0 Å². The summed E-state index contributed by atoms with van der Waals surface area (Å²) in [7, 11) is 0. The second kappa shape index (κ2) is 6.96. The quantitative estimate of drug-likeness (QED) is 0.646. The number of nitrogens with one attached hydrogen (secondary N) is 2. The number of primary amides is 1. The second-order valence-electron chi connectivity index (χ2n) is 8.90. The summed E-state index contributed by atoms with van der Waals surface area (Å²) < 4.78 is 0. The number of rotatable bonds is 7. The minimum atomic E-state index is -0.661. The van der Waals surface area contributed by atoms with E-state index in [0.29, 0.717) is 6.54 Å². The van der Waals surface area contributed by atoms with E-state index in [1.807, 2.05) is 13.8 Å². The van der Waals surface area contributed by atoms with E-state index in [4.69, 9.17) is 5.73 Å². The Hall–Kier alpha value is -1.59. The van der Waals surface area contributed by atoms with E-state index in [1.54, 1.807) is 0 Å². The van der Waals surface area contributed by atoms with Gasteiger partial charge in [0.15, 0.2) is 0 Å². The largest absolute Gasteiger partial charge is 0.368 e. The molecule has 0 aliphatic heterocycles. The molecule has 1 atom stereocenters. The maximum absolute atomic E-state index is 12.8. The first-order chi connectivity index (χ1) is 11.8. The smallest absolute Gasteiger partial charge is 0.240 e. The minimum Gasteiger partial charge on any atom is -0.368 e. The van der Waals surface area contributed by atoms with Crippen molar-refractivity contribution < 1.29 is 14.4 Å². The molecule has 0 aromatic heterocycles. The number of carbonyl (C=O) groups excluding carboxylic acids is 3. The third-order valence-electron chi connectivity index (χ3n) is 6.45. The Kier molecular flexibility index (Phi) is 5.07. The highest BCUT2D eigenvalue weighted by Crippen LogP contribution is 2.60. The SMILES string of the molecule is CC(C)C(NC(=O)CCNC(=O)C12CC3CC(CC(C3)C1)C2)C(N)=O. The summed E-state index contributed by atoms with van der Waals surface area (Å²) in [6, 6.07) is -0.661. The number of hydrogen-bond acceptors (Lipinski definition) is 3. The van der Waals surface area contributed by atoms with Crippen LogP contribution in [0.3, 0.4) is 0 Å². The third-order valence-corrected chi connectivity index (χ3v) is 6.45. The standard InChI is InChI=1S/C19H31N3O3/c1-11(2)16(17(20)24)22-15(23)3-4-21-18(25)19-8-12-5-13(9-19)7-14(6-12)10-19/h11-14,16H,3-10H2,1-2H3,(H2,20,24)(H,21,25)(H,22,23). The van der Waals surface area contributed by atoms with Crippen LogP contribution in [-0.2, 0) is 14.4 Å². The lowest BCUT2D eigenvalue weighted by molar-refractivity contribution is -0.146. The minimum absolute atomic E-state index is 0.0527. The molecule has 140 valence electrons. The summed E-state index contributed by atoms with van der Waals surface area (Å²) >= 11 is 0. The van der Waals surface area contributed by atoms with Crippen LogP contribution < -0.4 is 16.4 Å². The molecule has 6 nitrogen and oxygen atoms in total. The zero-order valence-electron chi connectivity index (χ0n) is 15.3. The molecular formula is C19H31N3O3. The highest BCUT2D eigenvalue weighted by Gasteiger charge is 2.54. The number of nitrogens with two attached hydrogens (primary N) is 1. The molecule has 0 radical (unpaired) electrons. The van der Waals surface area contributed by atoms with Gasteiger partial charge in [0.1, 0.15) is 6.04 Å². The molecule has 4 bridgehead atoms. The molecule has 0 heterocycles. The van der Waals surface area contributed by atoms with Crippen molar-refractivity contribution in [1.82, 2.24) is 10.6 Å². The van der Waals surface area contributed by atoms with Crippen LogP contribution in [0.4, 0.5) is 0 Å². The molecule has 4 N–H and O–H groups in total. The highest BCUT2D eigenvalue weighted by atomic mass is 16.2. The van der Waals surface area contributed by atoms with Crippen LogP contribution in [0.2, 0.25) is 0 Å². The highest BCUT2D eigenvalue weighted by molar-refractivity contribution is 5.87. The van der Waals surface area contributed by atoms with Gasteiger partial charge in [-0.15, -0.1) is 0 Å². The van der Waals surface area contributed by atoms with Crippen molar-refractivity contribution in [1.29, 1.82) is 0 Å². The number of amides is 3. The van der Waals surface area contributed by atoms with Crippen molar-refractivity contribution in [2.24, 2.45) is 34.8 Å². The molecule has 4 fully saturated rings. The van der Waals surface area contributed by atoms with Gasteiger partial charge in [0.25, 0.3) is 0 Å². The van der Waals surface area contributed by atoms with Gasteiger partial charge in [-0.25, -0.2) is 0 Å². The monoisotopic (exact) mass is 349 g/mol. The van der Waals surface area contributed by atoms with E-state index < -0.39 is 11.9 Å².